The maximum absolute atomic E-state index is 5.73. The maximum atomic E-state index is 5.73. The molecule has 0 saturated heterocycles. The number of nitrogens with two attached hydrogens (primary N) is 1. The van der Waals surface area contributed by atoms with Crippen molar-refractivity contribution < 1.29 is 9.47 Å². The quantitative estimate of drug-likeness (QED) is 0.589. The van der Waals surface area contributed by atoms with Crippen LogP contribution in [-0.2, 0) is 0 Å². The van der Waals surface area contributed by atoms with Gasteiger partial charge in [-0.15, -0.1) is 11.3 Å². The molecule has 4 nitrogen and oxygen atoms in total. The number of fused-ring (bicyclic) bond motifs is 1. The Balaban J connectivity index is 1.96. The minimum Gasteiger partial charge on any atom is -0.486 e. The van der Waals surface area contributed by atoms with Gasteiger partial charge in [0.05, 0.1) is 9.83 Å². The molecule has 1 atom stereocenters. The molecule has 0 fully saturated rings. The lowest BCUT2D eigenvalue weighted by molar-refractivity contribution is 0.171. The molecule has 2 aromatic rings. The predicted octanol–water partition coefficient (Wildman–Crippen LogP) is 3.60. The third-order valence-electron chi connectivity index (χ3n) is 3.01. The van der Waals surface area contributed by atoms with E-state index < -0.39 is 0 Å². The average Bonchev–Trinajstić information content (AvgIpc) is 2.79. The first kappa shape index (κ1) is 14.3. The van der Waals surface area contributed by atoms with Gasteiger partial charge in [0.15, 0.2) is 11.5 Å². The molecular formula is C13H12Br2N2O2S. The Labute approximate surface area is 137 Å². The third kappa shape index (κ3) is 2.73. The van der Waals surface area contributed by atoms with Crippen LogP contribution in [0.3, 0.4) is 0 Å². The Hall–Kier alpha value is -0.600. The van der Waals surface area contributed by atoms with E-state index in [1.165, 1.54) is 0 Å². The fourth-order valence-electron chi connectivity index (χ4n) is 2.09. The second kappa shape index (κ2) is 6.03. The highest BCUT2D eigenvalue weighted by Crippen LogP contribution is 2.39. The standard InChI is InChI=1S/C13H12Br2N2O2S/c14-8-6-11(20-13(8)15)12(17-16)7-1-2-9-10(5-7)19-4-3-18-9/h1-2,5-6,12,17H,3-4,16H2. The van der Waals surface area contributed by atoms with Crippen molar-refractivity contribution in [2.75, 3.05) is 13.2 Å². The van der Waals surface area contributed by atoms with Crippen molar-refractivity contribution in [3.8, 4) is 11.5 Å². The van der Waals surface area contributed by atoms with E-state index in [1.807, 2.05) is 18.2 Å². The Morgan fingerprint density at radius 2 is 1.90 bits per heavy atom. The van der Waals surface area contributed by atoms with Gasteiger partial charge in [0.25, 0.3) is 0 Å². The molecule has 1 aromatic heterocycles. The number of benzene rings is 1. The van der Waals surface area contributed by atoms with E-state index in [9.17, 15) is 0 Å². The van der Waals surface area contributed by atoms with Crippen LogP contribution >= 0.6 is 43.2 Å². The highest BCUT2D eigenvalue weighted by atomic mass is 79.9. The Morgan fingerprint density at radius 1 is 1.15 bits per heavy atom. The van der Waals surface area contributed by atoms with E-state index >= 15 is 0 Å². The molecule has 0 spiro atoms. The fraction of sp³-hybridized carbons (Fsp3) is 0.231. The van der Waals surface area contributed by atoms with Crippen LogP contribution in [0.25, 0.3) is 0 Å². The number of halogens is 2. The van der Waals surface area contributed by atoms with Gasteiger partial charge in [-0.1, -0.05) is 6.07 Å². The molecule has 1 unspecified atom stereocenters. The molecule has 7 heteroatoms. The molecule has 1 aliphatic rings. The van der Waals surface area contributed by atoms with Crippen LogP contribution < -0.4 is 20.7 Å². The molecule has 0 radical (unpaired) electrons. The number of ether oxygens (including phenoxy) is 2. The largest absolute Gasteiger partial charge is 0.486 e. The number of thiophene rings is 1. The molecule has 2 heterocycles. The first-order chi connectivity index (χ1) is 9.69. The zero-order chi connectivity index (χ0) is 14.1. The van der Waals surface area contributed by atoms with Gasteiger partial charge in [-0.3, -0.25) is 5.84 Å². The van der Waals surface area contributed by atoms with Gasteiger partial charge in [-0.25, -0.2) is 5.43 Å². The van der Waals surface area contributed by atoms with Gasteiger partial charge < -0.3 is 9.47 Å². The minimum absolute atomic E-state index is 0.0848. The average molecular weight is 420 g/mol. The van der Waals surface area contributed by atoms with Crippen LogP contribution in [0.15, 0.2) is 32.5 Å². The molecule has 0 amide bonds. The Morgan fingerprint density at radius 3 is 2.55 bits per heavy atom. The lowest BCUT2D eigenvalue weighted by Crippen LogP contribution is -2.28. The zero-order valence-corrected chi connectivity index (χ0v) is 14.3. The summed E-state index contributed by atoms with van der Waals surface area (Å²) in [6.07, 6.45) is 0. The molecule has 3 N–H and O–H groups in total. The van der Waals surface area contributed by atoms with Crippen LogP contribution in [0, 0.1) is 0 Å². The molecule has 0 bridgehead atoms. The van der Waals surface area contributed by atoms with E-state index in [4.69, 9.17) is 15.3 Å². The molecule has 3 rings (SSSR count). The normalized spacial score (nSPS) is 15.2. The summed E-state index contributed by atoms with van der Waals surface area (Å²) in [5.74, 6) is 7.28. The highest BCUT2D eigenvalue weighted by molar-refractivity contribution is 9.13. The number of nitrogens with one attached hydrogen (secondary N) is 1. The summed E-state index contributed by atoms with van der Waals surface area (Å²) in [6.45, 7) is 1.17. The molecular weight excluding hydrogens is 408 g/mol. The summed E-state index contributed by atoms with van der Waals surface area (Å²) in [4.78, 5) is 1.11. The Kier molecular flexibility index (Phi) is 4.32. The van der Waals surface area contributed by atoms with Gasteiger partial charge in [0.2, 0.25) is 0 Å². The molecule has 1 aromatic carbocycles. The zero-order valence-electron chi connectivity index (χ0n) is 10.4. The summed E-state index contributed by atoms with van der Waals surface area (Å²) in [6, 6.07) is 7.86. The monoisotopic (exact) mass is 418 g/mol. The SMILES string of the molecule is NNC(c1ccc2c(c1)OCCO2)c1cc(Br)c(Br)s1. The first-order valence-corrected chi connectivity index (χ1v) is 8.39. The summed E-state index contributed by atoms with van der Waals surface area (Å²) >= 11 is 8.64. The summed E-state index contributed by atoms with van der Waals surface area (Å²) < 4.78 is 13.2. The molecule has 106 valence electrons. The molecule has 20 heavy (non-hydrogen) atoms. The van der Waals surface area contributed by atoms with Gasteiger partial charge in [-0.2, -0.15) is 0 Å². The van der Waals surface area contributed by atoms with Crippen LogP contribution in [-0.4, -0.2) is 13.2 Å². The lowest BCUT2D eigenvalue weighted by Gasteiger charge is -2.21. The van der Waals surface area contributed by atoms with Crippen molar-refractivity contribution in [3.63, 3.8) is 0 Å². The lowest BCUT2D eigenvalue weighted by atomic mass is 10.1. The van der Waals surface area contributed by atoms with Crippen molar-refractivity contribution in [1.82, 2.24) is 5.43 Å². The van der Waals surface area contributed by atoms with Crippen molar-refractivity contribution in [2.45, 2.75) is 6.04 Å². The van der Waals surface area contributed by atoms with Gasteiger partial charge in [-0.05, 0) is 55.6 Å². The predicted molar refractivity (Wildman–Crippen MR) is 86.3 cm³/mol. The van der Waals surface area contributed by atoms with E-state index in [2.05, 4.69) is 43.4 Å². The number of rotatable bonds is 3. The molecule has 0 aliphatic carbocycles. The second-order valence-corrected chi connectivity index (χ2v) is 7.53. The third-order valence-corrected chi connectivity index (χ3v) is 6.34. The van der Waals surface area contributed by atoms with Crippen molar-refractivity contribution in [2.24, 2.45) is 5.84 Å². The molecule has 0 saturated carbocycles. The van der Waals surface area contributed by atoms with E-state index in [0.29, 0.717) is 13.2 Å². The van der Waals surface area contributed by atoms with E-state index in [1.54, 1.807) is 11.3 Å². The van der Waals surface area contributed by atoms with E-state index in [0.717, 1.165) is 30.2 Å². The number of hydrazine groups is 1. The smallest absolute Gasteiger partial charge is 0.161 e. The fourth-order valence-corrected chi connectivity index (χ4v) is 4.27. The topological polar surface area (TPSA) is 56.5 Å². The van der Waals surface area contributed by atoms with Gasteiger partial charge in [0.1, 0.15) is 13.2 Å². The van der Waals surface area contributed by atoms with Crippen LogP contribution in [0.2, 0.25) is 0 Å². The van der Waals surface area contributed by atoms with Crippen molar-refractivity contribution in [1.29, 1.82) is 0 Å². The first-order valence-electron chi connectivity index (χ1n) is 5.99. The Bertz CT molecular complexity index is 613. The summed E-state index contributed by atoms with van der Waals surface area (Å²) in [7, 11) is 0. The van der Waals surface area contributed by atoms with Gasteiger partial charge in [0, 0.05) is 9.35 Å². The summed E-state index contributed by atoms with van der Waals surface area (Å²) in [5.41, 5.74) is 3.89. The van der Waals surface area contributed by atoms with E-state index in [-0.39, 0.29) is 6.04 Å². The van der Waals surface area contributed by atoms with Crippen LogP contribution in [0.1, 0.15) is 16.5 Å². The van der Waals surface area contributed by atoms with Crippen molar-refractivity contribution >= 4 is 43.2 Å². The van der Waals surface area contributed by atoms with Crippen LogP contribution in [0.4, 0.5) is 0 Å². The van der Waals surface area contributed by atoms with Crippen LogP contribution in [0.5, 0.6) is 11.5 Å². The molecule has 1 aliphatic heterocycles. The van der Waals surface area contributed by atoms with Gasteiger partial charge >= 0.3 is 0 Å². The second-order valence-electron chi connectivity index (χ2n) is 4.27. The summed E-state index contributed by atoms with van der Waals surface area (Å²) in [5, 5.41) is 0. The van der Waals surface area contributed by atoms with Crippen molar-refractivity contribution in [3.05, 3.63) is 43.0 Å². The maximum Gasteiger partial charge on any atom is 0.161 e. The number of hydrogen-bond acceptors (Lipinski definition) is 5. The number of hydrogen-bond donors (Lipinski definition) is 2. The minimum atomic E-state index is -0.0848. The highest BCUT2D eigenvalue weighted by Gasteiger charge is 2.20.